The third-order valence-corrected chi connectivity index (χ3v) is 4.87. The molecule has 2 aliphatic rings. The molecule has 150 valence electrons. The zero-order valence-electron chi connectivity index (χ0n) is 16.2. The first kappa shape index (κ1) is 19.8. The topological polar surface area (TPSA) is 127 Å². The van der Waals surface area contributed by atoms with E-state index in [4.69, 9.17) is 20.6 Å². The maximum Gasteiger partial charge on any atom is 0.290 e. The van der Waals surface area contributed by atoms with Crippen LogP contribution in [0.4, 0.5) is 5.82 Å². The molecule has 3 heterocycles. The number of rotatable bonds is 4. The molecule has 0 radical (unpaired) electrons. The van der Waals surface area contributed by atoms with Gasteiger partial charge >= 0.3 is 0 Å². The van der Waals surface area contributed by atoms with Crippen LogP contribution in [0.1, 0.15) is 67.1 Å². The number of hydrogen-bond donors (Lipinski definition) is 2. The summed E-state index contributed by atoms with van der Waals surface area (Å²) in [5.74, 6) is 3.20. The first-order valence-electron chi connectivity index (χ1n) is 9.49. The van der Waals surface area contributed by atoms with E-state index in [0.29, 0.717) is 36.3 Å². The molecular formula is C19H26N6O3. The number of hydrogen-bond acceptors (Lipinski definition) is 6. The average molecular weight is 386 g/mol. The van der Waals surface area contributed by atoms with Gasteiger partial charge in [0.05, 0.1) is 12.6 Å². The largest absolute Gasteiger partial charge is 0.483 e. The van der Waals surface area contributed by atoms with Crippen LogP contribution in [-0.4, -0.2) is 48.7 Å². The van der Waals surface area contributed by atoms with Crippen LogP contribution in [0.3, 0.4) is 0 Å². The molecule has 2 aromatic heterocycles. The van der Waals surface area contributed by atoms with Crippen LogP contribution in [0.5, 0.6) is 0 Å². The molecule has 9 nitrogen and oxygen atoms in total. The summed E-state index contributed by atoms with van der Waals surface area (Å²) in [5, 5.41) is 11.6. The molecule has 3 N–H and O–H groups in total. The lowest BCUT2D eigenvalue weighted by atomic mass is 9.99. The van der Waals surface area contributed by atoms with E-state index < -0.39 is 0 Å². The van der Waals surface area contributed by atoms with E-state index in [1.54, 1.807) is 18.3 Å². The average Bonchev–Trinajstić information content (AvgIpc) is 3.41. The van der Waals surface area contributed by atoms with Crippen LogP contribution in [0.25, 0.3) is 0 Å². The van der Waals surface area contributed by atoms with Crippen molar-refractivity contribution in [2.24, 2.45) is 5.92 Å². The fourth-order valence-electron chi connectivity index (χ4n) is 3.47. The normalized spacial score (nSPS) is 18.2. The van der Waals surface area contributed by atoms with Crippen molar-refractivity contribution in [3.8, 4) is 0 Å². The first-order chi connectivity index (χ1) is 13.4. The zero-order chi connectivity index (χ0) is 20.3. The Bertz CT molecular complexity index is 846. The van der Waals surface area contributed by atoms with Crippen LogP contribution >= 0.6 is 0 Å². The Balaban J connectivity index is 0.000000706. The summed E-state index contributed by atoms with van der Waals surface area (Å²) in [5.41, 5.74) is 6.33. The monoisotopic (exact) mass is 386 g/mol. The number of carboxylic acid groups (broad SMARTS) is 1. The number of amides is 1. The Morgan fingerprint density at radius 1 is 1.39 bits per heavy atom. The number of carbonyl (C=O) groups excluding carboxylic acids is 1. The van der Waals surface area contributed by atoms with Crippen LogP contribution in [0, 0.1) is 5.92 Å². The van der Waals surface area contributed by atoms with E-state index in [-0.39, 0.29) is 18.4 Å². The van der Waals surface area contributed by atoms with Crippen molar-refractivity contribution >= 4 is 18.2 Å². The Kier molecular flexibility index (Phi) is 5.91. The summed E-state index contributed by atoms with van der Waals surface area (Å²) in [4.78, 5) is 32.2. The Morgan fingerprint density at radius 3 is 2.71 bits per heavy atom. The molecule has 0 aromatic carbocycles. The summed E-state index contributed by atoms with van der Waals surface area (Å²) in [6, 6.07) is 3.32. The lowest BCUT2D eigenvalue weighted by Crippen LogP contribution is -2.43. The van der Waals surface area contributed by atoms with Gasteiger partial charge in [-0.05, 0) is 37.3 Å². The number of nitrogen functional groups attached to an aromatic ring is 1. The van der Waals surface area contributed by atoms with E-state index in [2.05, 4.69) is 23.9 Å². The summed E-state index contributed by atoms with van der Waals surface area (Å²) in [6.45, 7) is 5.42. The number of pyridine rings is 1. The lowest BCUT2D eigenvalue weighted by molar-refractivity contribution is -0.122. The van der Waals surface area contributed by atoms with Gasteiger partial charge in [0.1, 0.15) is 11.6 Å². The maximum absolute atomic E-state index is 13.1. The van der Waals surface area contributed by atoms with E-state index in [1.807, 2.05) is 9.58 Å². The summed E-state index contributed by atoms with van der Waals surface area (Å²) in [7, 11) is 0. The van der Waals surface area contributed by atoms with Gasteiger partial charge in [0.25, 0.3) is 12.4 Å². The molecule has 28 heavy (non-hydrogen) atoms. The van der Waals surface area contributed by atoms with Crippen LogP contribution in [-0.2, 0) is 11.3 Å². The van der Waals surface area contributed by atoms with Crippen molar-refractivity contribution in [3.05, 3.63) is 35.5 Å². The van der Waals surface area contributed by atoms with E-state index in [9.17, 15) is 4.79 Å². The summed E-state index contributed by atoms with van der Waals surface area (Å²) >= 11 is 0. The molecule has 4 rings (SSSR count). The van der Waals surface area contributed by atoms with E-state index >= 15 is 0 Å². The molecule has 1 aliphatic carbocycles. The van der Waals surface area contributed by atoms with E-state index in [0.717, 1.165) is 18.1 Å². The molecule has 1 saturated carbocycles. The van der Waals surface area contributed by atoms with Crippen LogP contribution in [0.15, 0.2) is 18.3 Å². The van der Waals surface area contributed by atoms with Gasteiger partial charge in [0.2, 0.25) is 0 Å². The molecule has 1 atom stereocenters. The van der Waals surface area contributed by atoms with Gasteiger partial charge in [-0.2, -0.15) is 5.10 Å². The maximum atomic E-state index is 13.1. The van der Waals surface area contributed by atoms with Crippen molar-refractivity contribution in [2.75, 3.05) is 12.3 Å². The molecule has 0 unspecified atom stereocenters. The van der Waals surface area contributed by atoms with Gasteiger partial charge in [-0.3, -0.25) is 9.59 Å². The SMILES string of the molecule is CC(C)C[C@H]1c2nc(C3CC3)nn2CCN1C(=O)c1ccnc(N)c1.O=CO. The van der Waals surface area contributed by atoms with Gasteiger partial charge in [0, 0.05) is 24.2 Å². The van der Waals surface area contributed by atoms with Crippen LogP contribution < -0.4 is 5.73 Å². The fraction of sp³-hybridized carbons (Fsp3) is 0.526. The molecule has 9 heteroatoms. The Hall–Kier alpha value is -2.97. The highest BCUT2D eigenvalue weighted by Crippen LogP contribution is 2.40. The second-order valence-electron chi connectivity index (χ2n) is 7.54. The summed E-state index contributed by atoms with van der Waals surface area (Å²) in [6.07, 6.45) is 4.81. The van der Waals surface area contributed by atoms with Crippen molar-refractivity contribution in [3.63, 3.8) is 0 Å². The predicted molar refractivity (Wildman–Crippen MR) is 103 cm³/mol. The second kappa shape index (κ2) is 8.37. The molecule has 2 aromatic rings. The number of anilines is 1. The number of nitrogens with two attached hydrogens (primary N) is 1. The van der Waals surface area contributed by atoms with Gasteiger partial charge in [-0.1, -0.05) is 13.8 Å². The number of fused-ring (bicyclic) bond motifs is 1. The minimum atomic E-state index is -0.250. The van der Waals surface area contributed by atoms with Gasteiger partial charge in [-0.25, -0.2) is 14.6 Å². The molecule has 0 saturated heterocycles. The molecule has 0 bridgehead atoms. The van der Waals surface area contributed by atoms with Gasteiger partial charge in [-0.15, -0.1) is 0 Å². The minimum Gasteiger partial charge on any atom is -0.483 e. The highest BCUT2D eigenvalue weighted by molar-refractivity contribution is 5.95. The Morgan fingerprint density at radius 2 is 2.11 bits per heavy atom. The standard InChI is InChI=1S/C18H24N6O.CH2O2/c1-11(2)9-14-17-21-16(12-3-4-12)22-24(17)8-7-23(14)18(25)13-5-6-20-15(19)10-13;2-1-3/h5-6,10-12,14H,3-4,7-9H2,1-2H3,(H2,19,20);1H,(H,2,3)/t14-;/m0./s1. The highest BCUT2D eigenvalue weighted by atomic mass is 16.3. The molecular weight excluding hydrogens is 360 g/mol. The minimum absolute atomic E-state index is 0.0121. The third kappa shape index (κ3) is 4.29. The van der Waals surface area contributed by atoms with E-state index in [1.165, 1.54) is 12.8 Å². The van der Waals surface area contributed by atoms with Crippen molar-refractivity contribution in [2.45, 2.75) is 51.6 Å². The third-order valence-electron chi connectivity index (χ3n) is 4.87. The predicted octanol–water partition coefficient (Wildman–Crippen LogP) is 2.08. The lowest BCUT2D eigenvalue weighted by Gasteiger charge is -2.36. The number of carbonyl (C=O) groups is 2. The van der Waals surface area contributed by atoms with Crippen molar-refractivity contribution in [1.82, 2.24) is 24.6 Å². The fourth-order valence-corrected chi connectivity index (χ4v) is 3.47. The molecule has 1 amide bonds. The Labute approximate surface area is 163 Å². The number of aromatic nitrogens is 4. The highest BCUT2D eigenvalue weighted by Gasteiger charge is 2.37. The van der Waals surface area contributed by atoms with Crippen molar-refractivity contribution in [1.29, 1.82) is 0 Å². The van der Waals surface area contributed by atoms with Crippen LogP contribution in [0.2, 0.25) is 0 Å². The quantitative estimate of drug-likeness (QED) is 0.770. The molecule has 0 spiro atoms. The van der Waals surface area contributed by atoms with Gasteiger partial charge < -0.3 is 15.7 Å². The summed E-state index contributed by atoms with van der Waals surface area (Å²) < 4.78 is 2.01. The number of nitrogens with zero attached hydrogens (tertiary/aromatic N) is 5. The molecule has 1 fully saturated rings. The van der Waals surface area contributed by atoms with Crippen molar-refractivity contribution < 1.29 is 14.7 Å². The smallest absolute Gasteiger partial charge is 0.290 e. The van der Waals surface area contributed by atoms with Gasteiger partial charge in [0.15, 0.2) is 5.82 Å². The zero-order valence-corrected chi connectivity index (χ0v) is 16.2. The first-order valence-corrected chi connectivity index (χ1v) is 9.49. The molecule has 1 aliphatic heterocycles. The second-order valence-corrected chi connectivity index (χ2v) is 7.54.